The van der Waals surface area contributed by atoms with Gasteiger partial charge in [-0.1, -0.05) is 30.3 Å². The van der Waals surface area contributed by atoms with Crippen LogP contribution >= 0.6 is 0 Å². The van der Waals surface area contributed by atoms with Crippen LogP contribution in [0.15, 0.2) is 65.6 Å². The molecule has 0 aliphatic carbocycles. The van der Waals surface area contributed by atoms with E-state index in [-0.39, 0.29) is 10.5 Å². The van der Waals surface area contributed by atoms with E-state index >= 15 is 0 Å². The van der Waals surface area contributed by atoms with E-state index in [0.717, 1.165) is 17.7 Å². The molecule has 1 atom stereocenters. The number of amides is 1. The molecule has 0 aliphatic heterocycles. The second kappa shape index (κ2) is 8.85. The maximum absolute atomic E-state index is 13.5. The van der Waals surface area contributed by atoms with Crippen molar-refractivity contribution >= 4 is 21.6 Å². The molecule has 0 bridgehead atoms. The minimum absolute atomic E-state index is 0.0630. The topological polar surface area (TPSA) is 75.3 Å². The lowest BCUT2D eigenvalue weighted by atomic mass is 10.1. The van der Waals surface area contributed by atoms with Crippen molar-refractivity contribution in [3.8, 4) is 0 Å². The average molecular weight is 445 g/mol. The van der Waals surface area contributed by atoms with Gasteiger partial charge in [0.15, 0.2) is 11.6 Å². The van der Waals surface area contributed by atoms with Crippen molar-refractivity contribution in [2.45, 2.75) is 31.7 Å². The van der Waals surface area contributed by atoms with Crippen LogP contribution in [0, 0.1) is 25.5 Å². The van der Waals surface area contributed by atoms with Crippen LogP contribution in [0.4, 0.5) is 14.5 Å². The van der Waals surface area contributed by atoms with Crippen molar-refractivity contribution in [1.82, 2.24) is 5.32 Å². The SMILES string of the molecule is Cc1ccccc1NS(=O)(=O)c1ccc(C)c(C(=O)NC(C)c2ccc(F)c(F)c2)c1. The maximum Gasteiger partial charge on any atom is 0.261 e. The zero-order valence-electron chi connectivity index (χ0n) is 17.2. The van der Waals surface area contributed by atoms with Gasteiger partial charge in [0.2, 0.25) is 0 Å². The fraction of sp³-hybridized carbons (Fsp3) is 0.174. The lowest BCUT2D eigenvalue weighted by Gasteiger charge is -2.17. The number of carbonyl (C=O) groups excluding carboxylic acids is 1. The van der Waals surface area contributed by atoms with Crippen LogP contribution in [-0.2, 0) is 10.0 Å². The van der Waals surface area contributed by atoms with Crippen molar-refractivity contribution in [2.24, 2.45) is 0 Å². The summed E-state index contributed by atoms with van der Waals surface area (Å²) in [6.07, 6.45) is 0. The molecule has 0 aliphatic rings. The third kappa shape index (κ3) is 5.08. The Labute approximate surface area is 180 Å². The smallest absolute Gasteiger partial charge is 0.261 e. The van der Waals surface area contributed by atoms with Gasteiger partial charge in [-0.15, -0.1) is 0 Å². The summed E-state index contributed by atoms with van der Waals surface area (Å²) in [5.41, 5.74) is 2.33. The first-order valence-electron chi connectivity index (χ1n) is 9.53. The summed E-state index contributed by atoms with van der Waals surface area (Å²) >= 11 is 0. The molecule has 5 nitrogen and oxygen atoms in total. The van der Waals surface area contributed by atoms with Crippen molar-refractivity contribution in [2.75, 3.05) is 4.72 Å². The Morgan fingerprint density at radius 3 is 2.29 bits per heavy atom. The molecule has 2 N–H and O–H groups in total. The summed E-state index contributed by atoms with van der Waals surface area (Å²) in [5.74, 6) is -2.51. The Balaban J connectivity index is 1.85. The number of halogens is 2. The van der Waals surface area contributed by atoms with Crippen LogP contribution in [0.3, 0.4) is 0 Å². The summed E-state index contributed by atoms with van der Waals surface area (Å²) < 4.78 is 54.8. The number of anilines is 1. The van der Waals surface area contributed by atoms with Gasteiger partial charge in [0.05, 0.1) is 16.6 Å². The highest BCUT2D eigenvalue weighted by Crippen LogP contribution is 2.22. The first kappa shape index (κ1) is 22.4. The molecule has 0 saturated heterocycles. The number of nitrogens with one attached hydrogen (secondary N) is 2. The van der Waals surface area contributed by atoms with Gasteiger partial charge in [-0.05, 0) is 67.8 Å². The standard InChI is InChI=1S/C23H22F2N2O3S/c1-14-8-10-18(31(29,30)27-22-7-5-4-6-15(22)2)13-19(14)23(28)26-16(3)17-9-11-20(24)21(25)12-17/h4-13,16,27H,1-3H3,(H,26,28). The third-order valence-electron chi connectivity index (χ3n) is 4.94. The quantitative estimate of drug-likeness (QED) is 0.569. The molecule has 8 heteroatoms. The highest BCUT2D eigenvalue weighted by atomic mass is 32.2. The van der Waals surface area contributed by atoms with Crippen LogP contribution in [0.5, 0.6) is 0 Å². The summed E-state index contributed by atoms with van der Waals surface area (Å²) in [6.45, 7) is 5.09. The van der Waals surface area contributed by atoms with E-state index in [9.17, 15) is 22.0 Å². The Hall–Kier alpha value is -3.26. The summed E-state index contributed by atoms with van der Waals surface area (Å²) in [5, 5.41) is 2.69. The zero-order valence-corrected chi connectivity index (χ0v) is 18.1. The van der Waals surface area contributed by atoms with E-state index in [1.807, 2.05) is 0 Å². The van der Waals surface area contributed by atoms with E-state index in [4.69, 9.17) is 0 Å². The largest absolute Gasteiger partial charge is 0.346 e. The molecule has 0 aromatic heterocycles. The third-order valence-corrected chi connectivity index (χ3v) is 6.31. The molecular formula is C23H22F2N2O3S. The minimum Gasteiger partial charge on any atom is -0.346 e. The monoisotopic (exact) mass is 444 g/mol. The number of rotatable bonds is 6. The van der Waals surface area contributed by atoms with E-state index in [1.165, 1.54) is 18.2 Å². The second-order valence-electron chi connectivity index (χ2n) is 7.27. The number of hydrogen-bond acceptors (Lipinski definition) is 3. The van der Waals surface area contributed by atoms with Gasteiger partial charge < -0.3 is 5.32 Å². The number of carbonyl (C=O) groups is 1. The Morgan fingerprint density at radius 2 is 1.61 bits per heavy atom. The van der Waals surface area contributed by atoms with Gasteiger partial charge >= 0.3 is 0 Å². The molecule has 3 aromatic carbocycles. The molecule has 0 saturated carbocycles. The Kier molecular flexibility index (Phi) is 6.40. The lowest BCUT2D eigenvalue weighted by Crippen LogP contribution is -2.27. The molecule has 1 amide bonds. The molecule has 0 spiro atoms. The molecule has 162 valence electrons. The van der Waals surface area contributed by atoms with Crippen LogP contribution in [0.2, 0.25) is 0 Å². The number of sulfonamides is 1. The Morgan fingerprint density at radius 1 is 0.903 bits per heavy atom. The highest BCUT2D eigenvalue weighted by molar-refractivity contribution is 7.92. The molecule has 0 fully saturated rings. The van der Waals surface area contributed by atoms with Gasteiger partial charge in [0.25, 0.3) is 15.9 Å². The molecule has 1 unspecified atom stereocenters. The first-order valence-corrected chi connectivity index (χ1v) is 11.0. The van der Waals surface area contributed by atoms with Crippen molar-refractivity contribution < 1.29 is 22.0 Å². The van der Waals surface area contributed by atoms with Gasteiger partial charge in [0, 0.05) is 5.56 Å². The maximum atomic E-state index is 13.5. The molecule has 3 rings (SSSR count). The van der Waals surface area contributed by atoms with Crippen molar-refractivity contribution in [3.05, 3.63) is 94.6 Å². The van der Waals surface area contributed by atoms with Crippen LogP contribution in [-0.4, -0.2) is 14.3 Å². The van der Waals surface area contributed by atoms with Gasteiger partial charge in [-0.3, -0.25) is 9.52 Å². The fourth-order valence-corrected chi connectivity index (χ4v) is 4.20. The fourth-order valence-electron chi connectivity index (χ4n) is 3.04. The van der Waals surface area contributed by atoms with Crippen molar-refractivity contribution in [3.63, 3.8) is 0 Å². The van der Waals surface area contributed by atoms with Gasteiger partial charge in [0.1, 0.15) is 0 Å². The van der Waals surface area contributed by atoms with E-state index in [0.29, 0.717) is 16.8 Å². The lowest BCUT2D eigenvalue weighted by molar-refractivity contribution is 0.0939. The molecule has 0 radical (unpaired) electrons. The van der Waals surface area contributed by atoms with E-state index < -0.39 is 33.6 Å². The summed E-state index contributed by atoms with van der Waals surface area (Å²) in [6, 6.07) is 14.0. The van der Waals surface area contributed by atoms with E-state index in [2.05, 4.69) is 10.0 Å². The van der Waals surface area contributed by atoms with Crippen LogP contribution < -0.4 is 10.0 Å². The minimum atomic E-state index is -3.92. The predicted molar refractivity (Wildman–Crippen MR) is 115 cm³/mol. The van der Waals surface area contributed by atoms with Crippen LogP contribution in [0.25, 0.3) is 0 Å². The number of para-hydroxylation sites is 1. The van der Waals surface area contributed by atoms with Gasteiger partial charge in [-0.25, -0.2) is 17.2 Å². The normalized spacial score (nSPS) is 12.3. The van der Waals surface area contributed by atoms with Crippen molar-refractivity contribution in [1.29, 1.82) is 0 Å². The second-order valence-corrected chi connectivity index (χ2v) is 8.95. The molecule has 31 heavy (non-hydrogen) atoms. The molecule has 0 heterocycles. The predicted octanol–water partition coefficient (Wildman–Crippen LogP) is 4.87. The number of hydrogen-bond donors (Lipinski definition) is 2. The Bertz CT molecular complexity index is 1240. The zero-order chi connectivity index (χ0) is 22.8. The van der Waals surface area contributed by atoms with E-state index in [1.54, 1.807) is 51.1 Å². The summed E-state index contributed by atoms with van der Waals surface area (Å²) in [7, 11) is -3.92. The van der Waals surface area contributed by atoms with Gasteiger partial charge in [-0.2, -0.15) is 0 Å². The van der Waals surface area contributed by atoms with Crippen LogP contribution in [0.1, 0.15) is 40.0 Å². The number of aryl methyl sites for hydroxylation is 2. The molecule has 3 aromatic rings. The highest BCUT2D eigenvalue weighted by Gasteiger charge is 2.20. The average Bonchev–Trinajstić information content (AvgIpc) is 2.71. The molecular weight excluding hydrogens is 422 g/mol. The first-order chi connectivity index (χ1) is 14.6. The summed E-state index contributed by atoms with van der Waals surface area (Å²) in [4.78, 5) is 12.7. The number of benzene rings is 3.